The maximum atomic E-state index is 13.2. The van der Waals surface area contributed by atoms with Crippen LogP contribution in [0.1, 0.15) is 6.42 Å². The fraction of sp³-hybridized carbons (Fsp3) is 0.167. The van der Waals surface area contributed by atoms with Crippen molar-refractivity contribution >= 4 is 34.1 Å². The molecule has 1 amide bonds. The molecule has 1 N–H and O–H groups in total. The summed E-state index contributed by atoms with van der Waals surface area (Å²) >= 11 is 5.97. The number of benzene rings is 2. The van der Waals surface area contributed by atoms with E-state index < -0.39 is 5.82 Å². The van der Waals surface area contributed by atoms with Crippen LogP contribution >= 0.6 is 11.6 Å². The number of fused-ring (bicyclic) bond motifs is 1. The van der Waals surface area contributed by atoms with Crippen molar-refractivity contribution in [3.63, 3.8) is 0 Å². The Morgan fingerprint density at radius 1 is 1.25 bits per heavy atom. The van der Waals surface area contributed by atoms with Crippen molar-refractivity contribution in [1.29, 1.82) is 0 Å². The lowest BCUT2D eigenvalue weighted by atomic mass is 10.2. The van der Waals surface area contributed by atoms with E-state index in [1.54, 1.807) is 0 Å². The van der Waals surface area contributed by atoms with Gasteiger partial charge in [0.05, 0.1) is 12.8 Å². The van der Waals surface area contributed by atoms with Crippen molar-refractivity contribution in [2.24, 2.45) is 0 Å². The van der Waals surface area contributed by atoms with E-state index in [2.05, 4.69) is 5.32 Å². The zero-order valence-electron chi connectivity index (χ0n) is 13.1. The van der Waals surface area contributed by atoms with Crippen LogP contribution in [0.15, 0.2) is 48.7 Å². The van der Waals surface area contributed by atoms with E-state index in [1.165, 1.54) is 25.3 Å². The van der Waals surface area contributed by atoms with E-state index in [9.17, 15) is 9.18 Å². The normalized spacial score (nSPS) is 10.8. The van der Waals surface area contributed by atoms with Gasteiger partial charge >= 0.3 is 0 Å². The van der Waals surface area contributed by atoms with Gasteiger partial charge in [0.15, 0.2) is 0 Å². The maximum Gasteiger partial charge on any atom is 0.226 e. The third-order valence-corrected chi connectivity index (χ3v) is 3.99. The second-order valence-corrected chi connectivity index (χ2v) is 5.79. The second kappa shape index (κ2) is 6.93. The molecule has 124 valence electrons. The van der Waals surface area contributed by atoms with Gasteiger partial charge in [0.1, 0.15) is 11.6 Å². The van der Waals surface area contributed by atoms with Crippen LogP contribution in [0.2, 0.25) is 5.02 Å². The quantitative estimate of drug-likeness (QED) is 0.740. The molecule has 0 aliphatic rings. The van der Waals surface area contributed by atoms with Crippen LogP contribution in [0.3, 0.4) is 0 Å². The number of carbonyl (C=O) groups excluding carboxylic acids is 1. The first kappa shape index (κ1) is 16.3. The summed E-state index contributed by atoms with van der Waals surface area (Å²) in [5, 5.41) is 4.46. The van der Waals surface area contributed by atoms with Crippen LogP contribution < -0.4 is 10.1 Å². The van der Waals surface area contributed by atoms with Crippen molar-refractivity contribution < 1.29 is 13.9 Å². The van der Waals surface area contributed by atoms with Crippen molar-refractivity contribution in [2.75, 3.05) is 12.4 Å². The van der Waals surface area contributed by atoms with E-state index in [0.717, 1.165) is 10.9 Å². The molecule has 3 aromatic rings. The molecule has 0 saturated carbocycles. The van der Waals surface area contributed by atoms with Gasteiger partial charge in [-0.25, -0.2) is 4.39 Å². The Labute approximate surface area is 143 Å². The molecule has 6 heteroatoms. The van der Waals surface area contributed by atoms with E-state index in [0.29, 0.717) is 23.0 Å². The number of nitrogens with zero attached hydrogens (tertiary/aromatic N) is 1. The highest BCUT2D eigenvalue weighted by Crippen LogP contribution is 2.25. The second-order valence-electron chi connectivity index (χ2n) is 5.36. The van der Waals surface area contributed by atoms with Gasteiger partial charge in [-0.05, 0) is 36.4 Å². The molecular weight excluding hydrogens is 331 g/mol. The molecule has 24 heavy (non-hydrogen) atoms. The van der Waals surface area contributed by atoms with E-state index in [4.69, 9.17) is 16.3 Å². The predicted molar refractivity (Wildman–Crippen MR) is 93.1 cm³/mol. The van der Waals surface area contributed by atoms with Crippen LogP contribution in [-0.2, 0) is 11.3 Å². The number of aryl methyl sites for hydroxylation is 1. The first-order valence-corrected chi connectivity index (χ1v) is 7.82. The number of amides is 1. The standard InChI is InChI=1S/C18H16ClFN2O2/c1-24-17-11-14(20)3-4-15(17)21-18(23)7-9-22-8-6-12-10-13(19)2-5-16(12)22/h2-6,8,10-11H,7,9H2,1H3,(H,21,23). The number of aromatic nitrogens is 1. The predicted octanol–water partition coefficient (Wildman–Crippen LogP) is 4.47. The van der Waals surface area contributed by atoms with Crippen LogP contribution in [-0.4, -0.2) is 17.6 Å². The number of halogens is 2. The summed E-state index contributed by atoms with van der Waals surface area (Å²) in [6.07, 6.45) is 2.21. The van der Waals surface area contributed by atoms with E-state index >= 15 is 0 Å². The third kappa shape index (κ3) is 3.51. The highest BCUT2D eigenvalue weighted by molar-refractivity contribution is 6.31. The molecule has 0 atom stereocenters. The zero-order chi connectivity index (χ0) is 17.1. The molecule has 0 saturated heterocycles. The number of anilines is 1. The minimum Gasteiger partial charge on any atom is -0.494 e. The molecule has 3 rings (SSSR count). The Hall–Kier alpha value is -2.53. The number of carbonyl (C=O) groups is 1. The summed E-state index contributed by atoms with van der Waals surface area (Å²) in [6.45, 7) is 0.528. The van der Waals surface area contributed by atoms with Gasteiger partial charge in [-0.2, -0.15) is 0 Å². The number of methoxy groups -OCH3 is 1. The lowest BCUT2D eigenvalue weighted by Crippen LogP contribution is -2.14. The highest BCUT2D eigenvalue weighted by atomic mass is 35.5. The smallest absolute Gasteiger partial charge is 0.226 e. The first-order valence-electron chi connectivity index (χ1n) is 7.44. The number of nitrogens with one attached hydrogen (secondary N) is 1. The van der Waals surface area contributed by atoms with Crippen LogP contribution in [0, 0.1) is 5.82 Å². The molecular formula is C18H16ClFN2O2. The summed E-state index contributed by atoms with van der Waals surface area (Å²) in [6, 6.07) is 11.6. The summed E-state index contributed by atoms with van der Waals surface area (Å²) in [5.41, 5.74) is 1.47. The molecule has 0 aliphatic carbocycles. The van der Waals surface area contributed by atoms with Gasteiger partial charge in [0.25, 0.3) is 0 Å². The minimum absolute atomic E-state index is 0.171. The molecule has 0 unspecified atom stereocenters. The number of hydrogen-bond acceptors (Lipinski definition) is 2. The van der Waals surface area contributed by atoms with Gasteiger partial charge in [-0.1, -0.05) is 11.6 Å². The minimum atomic E-state index is -0.415. The zero-order valence-corrected chi connectivity index (χ0v) is 13.8. The Morgan fingerprint density at radius 3 is 2.88 bits per heavy atom. The molecule has 0 spiro atoms. The molecule has 2 aromatic carbocycles. The summed E-state index contributed by atoms with van der Waals surface area (Å²) < 4.78 is 20.2. The topological polar surface area (TPSA) is 43.3 Å². The first-order chi connectivity index (χ1) is 11.6. The molecule has 0 radical (unpaired) electrons. The van der Waals surface area contributed by atoms with Crippen LogP contribution in [0.4, 0.5) is 10.1 Å². The average Bonchev–Trinajstić information content (AvgIpc) is 2.96. The SMILES string of the molecule is COc1cc(F)ccc1NC(=O)CCn1ccc2cc(Cl)ccc21. The van der Waals surface area contributed by atoms with Gasteiger partial charge in [-0.15, -0.1) is 0 Å². The maximum absolute atomic E-state index is 13.2. The average molecular weight is 347 g/mol. The Kier molecular flexibility index (Phi) is 4.71. The van der Waals surface area contributed by atoms with Crippen molar-refractivity contribution in [3.05, 3.63) is 59.5 Å². The molecule has 0 bridgehead atoms. The summed E-state index contributed by atoms with van der Waals surface area (Å²) in [7, 11) is 1.43. The summed E-state index contributed by atoms with van der Waals surface area (Å²) in [5.74, 6) is -0.289. The van der Waals surface area contributed by atoms with E-state index in [-0.39, 0.29) is 12.3 Å². The summed E-state index contributed by atoms with van der Waals surface area (Å²) in [4.78, 5) is 12.2. The highest BCUT2D eigenvalue weighted by Gasteiger charge is 2.10. The van der Waals surface area contributed by atoms with Gasteiger partial charge in [-0.3, -0.25) is 4.79 Å². The van der Waals surface area contributed by atoms with Crippen molar-refractivity contribution in [3.8, 4) is 5.75 Å². The Bertz CT molecular complexity index is 892. The number of ether oxygens (including phenoxy) is 1. The fourth-order valence-electron chi connectivity index (χ4n) is 2.57. The number of rotatable bonds is 5. The monoisotopic (exact) mass is 346 g/mol. The van der Waals surface area contributed by atoms with Crippen LogP contribution in [0.5, 0.6) is 5.75 Å². The van der Waals surface area contributed by atoms with Gasteiger partial charge < -0.3 is 14.6 Å². The molecule has 0 aliphatic heterocycles. The van der Waals surface area contributed by atoms with Crippen LogP contribution in [0.25, 0.3) is 10.9 Å². The lowest BCUT2D eigenvalue weighted by Gasteiger charge is -2.11. The molecule has 1 heterocycles. The largest absolute Gasteiger partial charge is 0.494 e. The molecule has 4 nitrogen and oxygen atoms in total. The lowest BCUT2D eigenvalue weighted by molar-refractivity contribution is -0.116. The van der Waals surface area contributed by atoms with E-state index in [1.807, 2.05) is 35.0 Å². The van der Waals surface area contributed by atoms with Gasteiger partial charge in [0.2, 0.25) is 5.91 Å². The number of hydrogen-bond donors (Lipinski definition) is 1. The third-order valence-electron chi connectivity index (χ3n) is 3.75. The van der Waals surface area contributed by atoms with Gasteiger partial charge in [0, 0.05) is 41.2 Å². The molecule has 1 aromatic heterocycles. The Balaban J connectivity index is 1.67. The Morgan fingerprint density at radius 2 is 2.08 bits per heavy atom. The molecule has 0 fully saturated rings. The van der Waals surface area contributed by atoms with Crippen molar-refractivity contribution in [1.82, 2.24) is 4.57 Å². The fourth-order valence-corrected chi connectivity index (χ4v) is 2.75. The van der Waals surface area contributed by atoms with Crippen molar-refractivity contribution in [2.45, 2.75) is 13.0 Å².